The first-order chi connectivity index (χ1) is 6.34. The summed E-state index contributed by atoms with van der Waals surface area (Å²) in [6.07, 6.45) is 1.69. The molecule has 2 aromatic heterocycles. The number of hydrogen-bond acceptors (Lipinski definition) is 5. The van der Waals surface area contributed by atoms with Gasteiger partial charge in [0, 0.05) is 6.20 Å². The lowest BCUT2D eigenvalue weighted by molar-refractivity contribution is 0.340. The molecule has 66 valence electrons. The average Bonchev–Trinajstić information content (AvgIpc) is 2.53. The van der Waals surface area contributed by atoms with Gasteiger partial charge in [0.2, 0.25) is 0 Å². The second-order valence-corrected chi connectivity index (χ2v) is 3.41. The Kier molecular flexibility index (Phi) is 2.47. The predicted molar refractivity (Wildman–Crippen MR) is 47.7 cm³/mol. The summed E-state index contributed by atoms with van der Waals surface area (Å²) in [5, 5.41) is 4.74. The molecule has 13 heavy (non-hydrogen) atoms. The van der Waals surface area contributed by atoms with Gasteiger partial charge in [0.25, 0.3) is 10.5 Å². The Morgan fingerprint density at radius 3 is 2.92 bits per heavy atom. The Morgan fingerprint density at radius 1 is 1.38 bits per heavy atom. The lowest BCUT2D eigenvalue weighted by atomic mass is 10.5. The van der Waals surface area contributed by atoms with E-state index in [1.165, 1.54) is 11.8 Å². The molecule has 0 unspecified atom stereocenters. The molecule has 2 aromatic rings. The molecule has 0 aliphatic rings. The van der Waals surface area contributed by atoms with Crippen LogP contribution >= 0.6 is 23.4 Å². The van der Waals surface area contributed by atoms with Crippen molar-refractivity contribution >= 4 is 23.4 Å². The van der Waals surface area contributed by atoms with Crippen LogP contribution < -0.4 is 0 Å². The van der Waals surface area contributed by atoms with E-state index < -0.39 is 0 Å². The Balaban J connectivity index is 2.15. The van der Waals surface area contributed by atoms with Crippen LogP contribution in [0.15, 0.2) is 39.2 Å². The maximum atomic E-state index is 5.48. The summed E-state index contributed by atoms with van der Waals surface area (Å²) < 4.78 is 4.80. The van der Waals surface area contributed by atoms with Gasteiger partial charge >= 0.3 is 0 Å². The van der Waals surface area contributed by atoms with Gasteiger partial charge in [0.15, 0.2) is 0 Å². The van der Waals surface area contributed by atoms with E-state index in [4.69, 9.17) is 16.1 Å². The third-order valence-corrected chi connectivity index (χ3v) is 2.16. The minimum Gasteiger partial charge on any atom is -0.326 e. The van der Waals surface area contributed by atoms with Crippen molar-refractivity contribution in [3.05, 3.63) is 29.7 Å². The standard InChI is InChI=1S/C7H4ClN3OS/c8-6-10-7(12-11-6)13-5-3-1-2-4-9-5/h1-4H. The highest BCUT2D eigenvalue weighted by Gasteiger charge is 2.05. The summed E-state index contributed by atoms with van der Waals surface area (Å²) in [4.78, 5) is 7.89. The molecule has 0 fully saturated rings. The van der Waals surface area contributed by atoms with Crippen molar-refractivity contribution in [3.63, 3.8) is 0 Å². The lowest BCUT2D eigenvalue weighted by Crippen LogP contribution is -1.76. The molecule has 0 bridgehead atoms. The van der Waals surface area contributed by atoms with Gasteiger partial charge < -0.3 is 4.52 Å². The average molecular weight is 214 g/mol. The van der Waals surface area contributed by atoms with Crippen LogP contribution in [-0.4, -0.2) is 15.1 Å². The topological polar surface area (TPSA) is 51.8 Å². The summed E-state index contributed by atoms with van der Waals surface area (Å²) in [7, 11) is 0. The van der Waals surface area contributed by atoms with Gasteiger partial charge in [-0.3, -0.25) is 0 Å². The van der Waals surface area contributed by atoms with Gasteiger partial charge in [-0.25, -0.2) is 4.98 Å². The fraction of sp³-hybridized carbons (Fsp3) is 0. The summed E-state index contributed by atoms with van der Waals surface area (Å²) in [5.41, 5.74) is 0. The van der Waals surface area contributed by atoms with Crippen LogP contribution in [0.3, 0.4) is 0 Å². The quantitative estimate of drug-likeness (QED) is 0.766. The second-order valence-electron chi connectivity index (χ2n) is 2.10. The molecule has 0 aliphatic carbocycles. The molecule has 0 radical (unpaired) electrons. The molecule has 4 nitrogen and oxygen atoms in total. The highest BCUT2D eigenvalue weighted by molar-refractivity contribution is 7.99. The van der Waals surface area contributed by atoms with Crippen LogP contribution in [0.4, 0.5) is 0 Å². The molecule has 0 saturated carbocycles. The lowest BCUT2D eigenvalue weighted by Gasteiger charge is -1.91. The molecule has 0 aliphatic heterocycles. The minimum absolute atomic E-state index is 0.110. The van der Waals surface area contributed by atoms with Gasteiger partial charge in [-0.2, -0.15) is 4.98 Å². The van der Waals surface area contributed by atoms with Crippen molar-refractivity contribution in [3.8, 4) is 0 Å². The van der Waals surface area contributed by atoms with Gasteiger partial charge in [0.05, 0.1) is 0 Å². The van der Waals surface area contributed by atoms with Crippen molar-refractivity contribution in [2.75, 3.05) is 0 Å². The number of nitrogens with zero attached hydrogens (tertiary/aromatic N) is 3. The fourth-order valence-electron chi connectivity index (χ4n) is 0.731. The van der Waals surface area contributed by atoms with Gasteiger partial charge in [-0.1, -0.05) is 6.07 Å². The first kappa shape index (κ1) is 8.52. The smallest absolute Gasteiger partial charge is 0.293 e. The molecule has 6 heteroatoms. The first-order valence-corrected chi connectivity index (χ1v) is 4.62. The van der Waals surface area contributed by atoms with E-state index in [2.05, 4.69) is 15.1 Å². The van der Waals surface area contributed by atoms with E-state index in [1.807, 2.05) is 18.2 Å². The van der Waals surface area contributed by atoms with E-state index >= 15 is 0 Å². The predicted octanol–water partition coefficient (Wildman–Crippen LogP) is 2.27. The molecule has 2 rings (SSSR count). The number of pyridine rings is 1. The maximum absolute atomic E-state index is 5.48. The van der Waals surface area contributed by atoms with Crippen molar-refractivity contribution < 1.29 is 4.52 Å². The zero-order chi connectivity index (χ0) is 9.10. The molecule has 0 amide bonds. The SMILES string of the molecule is Clc1noc(Sc2ccccn2)n1. The summed E-state index contributed by atoms with van der Waals surface area (Å²) in [6, 6.07) is 5.57. The largest absolute Gasteiger partial charge is 0.326 e. The molecule has 0 N–H and O–H groups in total. The van der Waals surface area contributed by atoms with Crippen molar-refractivity contribution in [1.82, 2.24) is 15.1 Å². The Hall–Kier alpha value is -1.07. The first-order valence-electron chi connectivity index (χ1n) is 3.43. The zero-order valence-electron chi connectivity index (χ0n) is 6.35. The van der Waals surface area contributed by atoms with Crippen LogP contribution in [0.1, 0.15) is 0 Å². The number of rotatable bonds is 2. The maximum Gasteiger partial charge on any atom is 0.293 e. The minimum atomic E-state index is 0.110. The number of hydrogen-bond donors (Lipinski definition) is 0. The summed E-state index contributed by atoms with van der Waals surface area (Å²) >= 11 is 6.75. The van der Waals surface area contributed by atoms with Crippen molar-refractivity contribution in [2.45, 2.75) is 10.2 Å². The van der Waals surface area contributed by atoms with E-state index in [-0.39, 0.29) is 5.28 Å². The molecular formula is C7H4ClN3OS. The van der Waals surface area contributed by atoms with Crippen LogP contribution in [-0.2, 0) is 0 Å². The van der Waals surface area contributed by atoms with E-state index in [0.29, 0.717) is 5.22 Å². The number of aromatic nitrogens is 3. The van der Waals surface area contributed by atoms with Crippen LogP contribution in [0.25, 0.3) is 0 Å². The van der Waals surface area contributed by atoms with Crippen LogP contribution in [0.5, 0.6) is 0 Å². The van der Waals surface area contributed by atoms with E-state index in [9.17, 15) is 0 Å². The molecule has 0 atom stereocenters. The molecule has 0 spiro atoms. The Labute approximate surface area is 83.3 Å². The fourth-order valence-corrected chi connectivity index (χ4v) is 1.54. The highest BCUT2D eigenvalue weighted by atomic mass is 35.5. The van der Waals surface area contributed by atoms with E-state index in [0.717, 1.165) is 5.03 Å². The van der Waals surface area contributed by atoms with Gasteiger partial charge in [0.1, 0.15) is 5.03 Å². The van der Waals surface area contributed by atoms with Gasteiger partial charge in [-0.15, -0.1) is 0 Å². The van der Waals surface area contributed by atoms with E-state index in [1.54, 1.807) is 6.20 Å². The summed E-state index contributed by atoms with van der Waals surface area (Å²) in [5.74, 6) is 0. The van der Waals surface area contributed by atoms with Crippen LogP contribution in [0, 0.1) is 0 Å². The van der Waals surface area contributed by atoms with Gasteiger partial charge in [-0.05, 0) is 40.7 Å². The molecule has 0 saturated heterocycles. The molecule has 2 heterocycles. The normalized spacial score (nSPS) is 10.2. The monoisotopic (exact) mass is 213 g/mol. The number of halogens is 1. The Morgan fingerprint density at radius 2 is 2.31 bits per heavy atom. The molecule has 0 aromatic carbocycles. The third kappa shape index (κ3) is 2.19. The Bertz CT molecular complexity index is 392. The second kappa shape index (κ2) is 3.76. The van der Waals surface area contributed by atoms with Crippen molar-refractivity contribution in [2.24, 2.45) is 0 Å². The zero-order valence-corrected chi connectivity index (χ0v) is 7.92. The third-order valence-electron chi connectivity index (χ3n) is 1.21. The molecular weight excluding hydrogens is 210 g/mol. The highest BCUT2D eigenvalue weighted by Crippen LogP contribution is 2.24. The van der Waals surface area contributed by atoms with Crippen molar-refractivity contribution in [1.29, 1.82) is 0 Å². The van der Waals surface area contributed by atoms with Crippen LogP contribution in [0.2, 0.25) is 5.28 Å². The summed E-state index contributed by atoms with van der Waals surface area (Å²) in [6.45, 7) is 0.